The maximum Gasteiger partial charge on any atom is 0.131 e. The third-order valence-electron chi connectivity index (χ3n) is 2.97. The summed E-state index contributed by atoms with van der Waals surface area (Å²) >= 11 is 0. The zero-order chi connectivity index (χ0) is 11.4. The Hall–Kier alpha value is -1.09. The molecule has 1 aromatic rings. The Morgan fingerprint density at radius 1 is 1.44 bits per heavy atom. The molecule has 88 valence electrons. The molecule has 1 aromatic carbocycles. The van der Waals surface area contributed by atoms with Crippen LogP contribution in [0, 0.1) is 5.82 Å². The fourth-order valence-corrected chi connectivity index (χ4v) is 2.16. The van der Waals surface area contributed by atoms with E-state index < -0.39 is 0 Å². The number of halogens is 1. The standard InChI is InChI=1S/C13H18FNO/c1-2-16-10-6-7-11(12(14)9-10)13-5-3-4-8-15-13/h6-7,9,13,15H,2-5,8H2,1H3. The highest BCUT2D eigenvalue weighted by Gasteiger charge is 2.18. The summed E-state index contributed by atoms with van der Waals surface area (Å²) in [5, 5.41) is 3.35. The maximum atomic E-state index is 13.8. The molecule has 1 aliphatic rings. The second-order valence-electron chi connectivity index (χ2n) is 4.12. The van der Waals surface area contributed by atoms with E-state index in [2.05, 4.69) is 5.32 Å². The zero-order valence-electron chi connectivity index (χ0n) is 9.63. The smallest absolute Gasteiger partial charge is 0.131 e. The Labute approximate surface area is 95.8 Å². The van der Waals surface area contributed by atoms with Gasteiger partial charge in [0.25, 0.3) is 0 Å². The van der Waals surface area contributed by atoms with Gasteiger partial charge in [0.2, 0.25) is 0 Å². The molecule has 1 unspecified atom stereocenters. The summed E-state index contributed by atoms with van der Waals surface area (Å²) in [4.78, 5) is 0. The van der Waals surface area contributed by atoms with Crippen LogP contribution in [0.15, 0.2) is 18.2 Å². The first-order valence-corrected chi connectivity index (χ1v) is 5.97. The second kappa shape index (κ2) is 5.30. The average molecular weight is 223 g/mol. The van der Waals surface area contributed by atoms with Gasteiger partial charge in [-0.2, -0.15) is 0 Å². The van der Waals surface area contributed by atoms with E-state index in [0.29, 0.717) is 12.4 Å². The lowest BCUT2D eigenvalue weighted by Crippen LogP contribution is -2.27. The van der Waals surface area contributed by atoms with Crippen LogP contribution in [0.25, 0.3) is 0 Å². The minimum Gasteiger partial charge on any atom is -0.494 e. The number of benzene rings is 1. The van der Waals surface area contributed by atoms with E-state index in [4.69, 9.17) is 4.74 Å². The van der Waals surface area contributed by atoms with Crippen LogP contribution in [0.5, 0.6) is 5.75 Å². The Balaban J connectivity index is 2.14. The van der Waals surface area contributed by atoms with Crippen molar-refractivity contribution in [3.63, 3.8) is 0 Å². The minimum absolute atomic E-state index is 0.162. The third-order valence-corrected chi connectivity index (χ3v) is 2.97. The lowest BCUT2D eigenvalue weighted by atomic mass is 9.97. The predicted molar refractivity (Wildman–Crippen MR) is 62.2 cm³/mol. The van der Waals surface area contributed by atoms with Gasteiger partial charge in [-0.3, -0.25) is 0 Å². The number of hydrogen-bond acceptors (Lipinski definition) is 2. The van der Waals surface area contributed by atoms with Gasteiger partial charge in [-0.25, -0.2) is 4.39 Å². The highest BCUT2D eigenvalue weighted by Crippen LogP contribution is 2.27. The monoisotopic (exact) mass is 223 g/mol. The fraction of sp³-hybridized carbons (Fsp3) is 0.538. The summed E-state index contributed by atoms with van der Waals surface area (Å²) in [5.41, 5.74) is 0.767. The van der Waals surface area contributed by atoms with E-state index in [1.807, 2.05) is 19.1 Å². The van der Waals surface area contributed by atoms with Crippen LogP contribution < -0.4 is 10.1 Å². The lowest BCUT2D eigenvalue weighted by Gasteiger charge is -2.24. The number of nitrogens with one attached hydrogen (secondary N) is 1. The SMILES string of the molecule is CCOc1ccc(C2CCCCN2)c(F)c1. The Kier molecular flexibility index (Phi) is 3.78. The predicted octanol–water partition coefficient (Wildman–Crippen LogP) is 3.04. The van der Waals surface area contributed by atoms with Crippen LogP contribution in [0.4, 0.5) is 4.39 Å². The molecule has 0 amide bonds. The van der Waals surface area contributed by atoms with Crippen LogP contribution in [-0.4, -0.2) is 13.2 Å². The summed E-state index contributed by atoms with van der Waals surface area (Å²) in [7, 11) is 0. The molecule has 1 fully saturated rings. The van der Waals surface area contributed by atoms with Crippen molar-refractivity contribution < 1.29 is 9.13 Å². The van der Waals surface area contributed by atoms with Gasteiger partial charge in [-0.05, 0) is 32.4 Å². The summed E-state index contributed by atoms with van der Waals surface area (Å²) in [5.74, 6) is 0.449. The van der Waals surface area contributed by atoms with Crippen molar-refractivity contribution in [3.8, 4) is 5.75 Å². The lowest BCUT2D eigenvalue weighted by molar-refractivity contribution is 0.336. The first-order chi connectivity index (χ1) is 7.81. The number of ether oxygens (including phenoxy) is 1. The third kappa shape index (κ3) is 2.53. The summed E-state index contributed by atoms with van der Waals surface area (Å²) < 4.78 is 19.1. The van der Waals surface area contributed by atoms with E-state index in [1.54, 1.807) is 0 Å². The highest BCUT2D eigenvalue weighted by atomic mass is 19.1. The van der Waals surface area contributed by atoms with Crippen molar-refractivity contribution in [3.05, 3.63) is 29.6 Å². The number of rotatable bonds is 3. The minimum atomic E-state index is -0.162. The van der Waals surface area contributed by atoms with Crippen molar-refractivity contribution in [2.45, 2.75) is 32.2 Å². The van der Waals surface area contributed by atoms with Crippen molar-refractivity contribution in [2.75, 3.05) is 13.2 Å². The molecular formula is C13H18FNO. The van der Waals surface area contributed by atoms with Crippen molar-refractivity contribution >= 4 is 0 Å². The largest absolute Gasteiger partial charge is 0.494 e. The Bertz CT molecular complexity index is 348. The molecule has 0 radical (unpaired) electrons. The molecule has 1 heterocycles. The van der Waals surface area contributed by atoms with Crippen molar-refractivity contribution in [1.29, 1.82) is 0 Å². The van der Waals surface area contributed by atoms with Gasteiger partial charge in [-0.1, -0.05) is 12.5 Å². The molecule has 16 heavy (non-hydrogen) atoms. The normalized spacial score (nSPS) is 20.8. The summed E-state index contributed by atoms with van der Waals surface area (Å²) in [6.45, 7) is 3.45. The quantitative estimate of drug-likeness (QED) is 0.850. The number of piperidine rings is 1. The molecule has 0 spiro atoms. The summed E-state index contributed by atoms with van der Waals surface area (Å²) in [6.07, 6.45) is 3.38. The van der Waals surface area contributed by atoms with Gasteiger partial charge in [0.1, 0.15) is 11.6 Å². The molecular weight excluding hydrogens is 205 g/mol. The Morgan fingerprint density at radius 2 is 2.31 bits per heavy atom. The van der Waals surface area contributed by atoms with Gasteiger partial charge < -0.3 is 10.1 Å². The average Bonchev–Trinajstić information content (AvgIpc) is 2.31. The van der Waals surface area contributed by atoms with Gasteiger partial charge in [-0.15, -0.1) is 0 Å². The van der Waals surface area contributed by atoms with Crippen LogP contribution in [-0.2, 0) is 0 Å². The fourth-order valence-electron chi connectivity index (χ4n) is 2.16. The maximum absolute atomic E-state index is 13.8. The number of hydrogen-bond donors (Lipinski definition) is 1. The van der Waals surface area contributed by atoms with Crippen LogP contribution in [0.3, 0.4) is 0 Å². The first kappa shape index (κ1) is 11.4. The van der Waals surface area contributed by atoms with Gasteiger partial charge in [0.15, 0.2) is 0 Å². The first-order valence-electron chi connectivity index (χ1n) is 5.97. The van der Waals surface area contributed by atoms with E-state index >= 15 is 0 Å². The molecule has 1 saturated heterocycles. The Morgan fingerprint density at radius 3 is 2.94 bits per heavy atom. The molecule has 1 atom stereocenters. The highest BCUT2D eigenvalue weighted by molar-refractivity contribution is 5.31. The van der Waals surface area contributed by atoms with Gasteiger partial charge >= 0.3 is 0 Å². The molecule has 3 heteroatoms. The zero-order valence-corrected chi connectivity index (χ0v) is 9.63. The van der Waals surface area contributed by atoms with E-state index in [9.17, 15) is 4.39 Å². The molecule has 0 aliphatic carbocycles. The second-order valence-corrected chi connectivity index (χ2v) is 4.12. The van der Waals surface area contributed by atoms with Crippen molar-refractivity contribution in [1.82, 2.24) is 5.32 Å². The van der Waals surface area contributed by atoms with E-state index in [-0.39, 0.29) is 11.9 Å². The van der Waals surface area contributed by atoms with E-state index in [1.165, 1.54) is 18.9 Å². The van der Waals surface area contributed by atoms with Crippen LogP contribution in [0.2, 0.25) is 0 Å². The summed E-state index contributed by atoms with van der Waals surface area (Å²) in [6, 6.07) is 5.33. The van der Waals surface area contributed by atoms with Gasteiger partial charge in [0.05, 0.1) is 6.61 Å². The van der Waals surface area contributed by atoms with E-state index in [0.717, 1.165) is 18.5 Å². The molecule has 0 aromatic heterocycles. The molecule has 2 nitrogen and oxygen atoms in total. The topological polar surface area (TPSA) is 21.3 Å². The van der Waals surface area contributed by atoms with Crippen LogP contribution >= 0.6 is 0 Å². The van der Waals surface area contributed by atoms with Gasteiger partial charge in [0, 0.05) is 17.7 Å². The molecule has 1 N–H and O–H groups in total. The molecule has 2 rings (SSSR count). The molecule has 0 bridgehead atoms. The molecule has 1 aliphatic heterocycles. The molecule has 0 saturated carbocycles. The van der Waals surface area contributed by atoms with Crippen molar-refractivity contribution in [2.24, 2.45) is 0 Å². The van der Waals surface area contributed by atoms with Crippen LogP contribution in [0.1, 0.15) is 37.8 Å².